The van der Waals surface area contributed by atoms with Crippen LogP contribution >= 0.6 is 46.3 Å². The van der Waals surface area contributed by atoms with Crippen LogP contribution in [0.3, 0.4) is 0 Å². The Hall–Kier alpha value is -4.48. The molecular formula is C35H22Cl2N4O4S2. The first kappa shape index (κ1) is 29.9. The molecule has 0 N–H and O–H groups in total. The van der Waals surface area contributed by atoms with Crippen LogP contribution in [0.5, 0.6) is 0 Å². The molecule has 6 aromatic rings. The van der Waals surface area contributed by atoms with Crippen molar-refractivity contribution in [2.24, 2.45) is 0 Å². The molecule has 2 aliphatic rings. The van der Waals surface area contributed by atoms with Crippen LogP contribution in [0.1, 0.15) is 38.4 Å². The first-order valence-electron chi connectivity index (χ1n) is 14.6. The smallest absolute Gasteiger partial charge is 0.297 e. The van der Waals surface area contributed by atoms with Crippen LogP contribution < -0.4 is 15.2 Å². The summed E-state index contributed by atoms with van der Waals surface area (Å²) in [6.45, 7) is 2.21. The van der Waals surface area contributed by atoms with Crippen LogP contribution in [0, 0.1) is 6.92 Å². The number of para-hydroxylation sites is 1. The number of amides is 2. The summed E-state index contributed by atoms with van der Waals surface area (Å²) in [4.78, 5) is 47.1. The number of anilines is 2. The van der Waals surface area contributed by atoms with Gasteiger partial charge in [-0.15, -0.1) is 10.2 Å². The highest BCUT2D eigenvalue weighted by atomic mass is 35.5. The van der Waals surface area contributed by atoms with Crippen molar-refractivity contribution >= 4 is 79.9 Å². The van der Waals surface area contributed by atoms with Gasteiger partial charge in [-0.2, -0.15) is 0 Å². The van der Waals surface area contributed by atoms with Gasteiger partial charge in [0.1, 0.15) is 5.58 Å². The predicted octanol–water partition coefficient (Wildman–Crippen LogP) is 8.00. The molecule has 2 amide bonds. The van der Waals surface area contributed by atoms with Gasteiger partial charge in [-0.3, -0.25) is 19.3 Å². The number of thioether (sulfide) groups is 1. The minimum Gasteiger partial charge on any atom is -0.450 e. The van der Waals surface area contributed by atoms with Crippen molar-refractivity contribution in [2.75, 3.05) is 9.80 Å². The summed E-state index contributed by atoms with van der Waals surface area (Å²) < 4.78 is 6.75. The molecule has 8 rings (SSSR count). The third-order valence-electron chi connectivity index (χ3n) is 8.54. The zero-order valence-electron chi connectivity index (χ0n) is 24.6. The molecule has 0 radical (unpaired) electrons. The number of carbonyl (C=O) groups is 2. The highest BCUT2D eigenvalue weighted by Crippen LogP contribution is 2.55. The molecule has 2 aromatic heterocycles. The van der Waals surface area contributed by atoms with Gasteiger partial charge in [-0.1, -0.05) is 101 Å². The SMILES string of the molecule is Cc1ccccc1CN1C(=O)C2(c3ccccc31)c1c(oc3ccc(Cl)cc3c1=O)C(=O)N2c1nnc(SCc2ccc(Cl)cc2)s1. The van der Waals surface area contributed by atoms with Gasteiger partial charge in [0.15, 0.2) is 15.3 Å². The molecule has 4 aromatic carbocycles. The average molecular weight is 698 g/mol. The molecule has 0 saturated heterocycles. The number of aromatic nitrogens is 2. The Labute approximate surface area is 286 Å². The second kappa shape index (κ2) is 11.3. The van der Waals surface area contributed by atoms with Crippen molar-refractivity contribution < 1.29 is 14.0 Å². The van der Waals surface area contributed by atoms with Gasteiger partial charge in [0.2, 0.25) is 10.9 Å². The van der Waals surface area contributed by atoms with E-state index in [0.717, 1.165) is 16.7 Å². The van der Waals surface area contributed by atoms with Crippen molar-refractivity contribution in [3.8, 4) is 0 Å². The number of carbonyl (C=O) groups excluding carboxylic acids is 2. The van der Waals surface area contributed by atoms with Crippen molar-refractivity contribution in [3.05, 3.63) is 145 Å². The Morgan fingerprint density at radius 1 is 0.894 bits per heavy atom. The largest absolute Gasteiger partial charge is 0.450 e. The molecule has 0 saturated carbocycles. The Bertz CT molecular complexity index is 2320. The Morgan fingerprint density at radius 3 is 2.45 bits per heavy atom. The number of hydrogen-bond acceptors (Lipinski definition) is 8. The fourth-order valence-corrected chi connectivity index (χ4v) is 8.47. The zero-order valence-corrected chi connectivity index (χ0v) is 27.7. The molecule has 0 fully saturated rings. The molecule has 1 atom stereocenters. The van der Waals surface area contributed by atoms with Gasteiger partial charge >= 0.3 is 0 Å². The Morgan fingerprint density at radius 2 is 1.64 bits per heavy atom. The molecule has 232 valence electrons. The first-order valence-corrected chi connectivity index (χ1v) is 17.1. The van der Waals surface area contributed by atoms with Crippen molar-refractivity contribution in [1.82, 2.24) is 10.2 Å². The number of hydrogen-bond donors (Lipinski definition) is 0. The van der Waals surface area contributed by atoms with Gasteiger partial charge in [0.05, 0.1) is 23.2 Å². The van der Waals surface area contributed by atoms with E-state index >= 15 is 4.79 Å². The average Bonchev–Trinajstić information content (AvgIpc) is 3.71. The highest BCUT2D eigenvalue weighted by molar-refractivity contribution is 8.00. The molecule has 1 spiro atoms. The summed E-state index contributed by atoms with van der Waals surface area (Å²) in [7, 11) is 0. The van der Waals surface area contributed by atoms with Crippen LogP contribution in [0.15, 0.2) is 105 Å². The quantitative estimate of drug-likeness (QED) is 0.129. The fourth-order valence-electron chi connectivity index (χ4n) is 6.33. The summed E-state index contributed by atoms with van der Waals surface area (Å²) in [6, 6.07) is 27.1. The number of nitrogens with zero attached hydrogens (tertiary/aromatic N) is 4. The van der Waals surface area contributed by atoms with Crippen LogP contribution in [-0.2, 0) is 22.6 Å². The van der Waals surface area contributed by atoms with E-state index < -0.39 is 22.8 Å². The van der Waals surface area contributed by atoms with E-state index in [2.05, 4.69) is 10.2 Å². The Kier molecular flexibility index (Phi) is 7.21. The van der Waals surface area contributed by atoms with Crippen LogP contribution in [-0.4, -0.2) is 22.0 Å². The summed E-state index contributed by atoms with van der Waals surface area (Å²) in [5, 5.41) is 10.1. The standard InChI is InChI=1S/C35H22Cl2N4O4S2/c1-19-6-2-3-7-21(19)17-40-26-9-5-4-8-25(26)35(32(40)44)28-29(42)24-16-23(37)14-15-27(24)45-30(28)31(43)41(35)33-38-39-34(47-33)46-18-20-10-12-22(36)13-11-20/h2-16H,17-18H2,1H3. The lowest BCUT2D eigenvalue weighted by Crippen LogP contribution is -2.53. The first-order chi connectivity index (χ1) is 22.8. The molecule has 47 heavy (non-hydrogen) atoms. The van der Waals surface area contributed by atoms with Crippen molar-refractivity contribution in [1.29, 1.82) is 0 Å². The fraction of sp³-hybridized carbons (Fsp3) is 0.114. The zero-order chi connectivity index (χ0) is 32.4. The molecule has 1 unspecified atom stereocenters. The molecule has 8 nitrogen and oxygen atoms in total. The van der Waals surface area contributed by atoms with E-state index in [4.69, 9.17) is 27.6 Å². The molecule has 12 heteroatoms. The normalized spacial score (nSPS) is 16.8. The second-order valence-corrected chi connectivity index (χ2v) is 14.3. The lowest BCUT2D eigenvalue weighted by molar-refractivity contribution is -0.121. The van der Waals surface area contributed by atoms with E-state index in [-0.39, 0.29) is 34.0 Å². The van der Waals surface area contributed by atoms with E-state index in [1.165, 1.54) is 34.1 Å². The monoisotopic (exact) mass is 696 g/mol. The predicted molar refractivity (Wildman–Crippen MR) is 185 cm³/mol. The van der Waals surface area contributed by atoms with E-state index in [0.29, 0.717) is 31.4 Å². The second-order valence-electron chi connectivity index (χ2n) is 11.2. The molecule has 2 aliphatic heterocycles. The molecular weight excluding hydrogens is 675 g/mol. The van der Waals surface area contributed by atoms with Crippen molar-refractivity contribution in [2.45, 2.75) is 29.1 Å². The maximum Gasteiger partial charge on any atom is 0.297 e. The van der Waals surface area contributed by atoms with Crippen LogP contribution in [0.4, 0.5) is 10.8 Å². The van der Waals surface area contributed by atoms with Gasteiger partial charge in [-0.25, -0.2) is 0 Å². The van der Waals surface area contributed by atoms with Gasteiger partial charge in [-0.05, 0) is 60.0 Å². The van der Waals surface area contributed by atoms with Crippen LogP contribution in [0.25, 0.3) is 11.0 Å². The summed E-state index contributed by atoms with van der Waals surface area (Å²) in [5.41, 5.74) is 1.75. The van der Waals surface area contributed by atoms with E-state index in [1.54, 1.807) is 29.2 Å². The summed E-state index contributed by atoms with van der Waals surface area (Å²) in [6.07, 6.45) is 0. The van der Waals surface area contributed by atoms with E-state index in [9.17, 15) is 9.59 Å². The third kappa shape index (κ3) is 4.62. The summed E-state index contributed by atoms with van der Waals surface area (Å²) in [5.74, 6) is -0.742. The Balaban J connectivity index is 1.32. The number of rotatable bonds is 6. The van der Waals surface area contributed by atoms with Crippen molar-refractivity contribution in [3.63, 3.8) is 0 Å². The maximum absolute atomic E-state index is 15.2. The maximum atomic E-state index is 15.2. The number of fused-ring (bicyclic) bond motifs is 5. The topological polar surface area (TPSA) is 96.6 Å². The molecule has 0 bridgehead atoms. The van der Waals surface area contributed by atoms with E-state index in [1.807, 2.05) is 67.6 Å². The molecule has 4 heterocycles. The third-order valence-corrected chi connectivity index (χ3v) is 11.1. The van der Waals surface area contributed by atoms with Gasteiger partial charge < -0.3 is 9.32 Å². The lowest BCUT2D eigenvalue weighted by Gasteiger charge is -2.32. The van der Waals surface area contributed by atoms with Crippen LogP contribution in [0.2, 0.25) is 10.0 Å². The van der Waals surface area contributed by atoms with Gasteiger partial charge in [0.25, 0.3) is 11.8 Å². The summed E-state index contributed by atoms with van der Waals surface area (Å²) >= 11 is 15.0. The number of aryl methyl sites for hydroxylation is 1. The molecule has 0 aliphatic carbocycles. The highest BCUT2D eigenvalue weighted by Gasteiger charge is 2.66. The minimum absolute atomic E-state index is 0.0624. The van der Waals surface area contributed by atoms with Gasteiger partial charge in [0, 0.05) is 21.4 Å². The minimum atomic E-state index is -1.89. The number of benzene rings is 4. The number of halogens is 2. The lowest BCUT2D eigenvalue weighted by atomic mass is 9.84.